The summed E-state index contributed by atoms with van der Waals surface area (Å²) in [6.07, 6.45) is 4.77. The molecule has 0 spiro atoms. The van der Waals surface area contributed by atoms with Gasteiger partial charge >= 0.3 is 0 Å². The Morgan fingerprint density at radius 3 is 2.77 bits per heavy atom. The number of nitrogens with one attached hydrogen (secondary N) is 1. The van der Waals surface area contributed by atoms with Gasteiger partial charge in [-0.05, 0) is 31.0 Å². The maximum Gasteiger partial charge on any atom is 0.134 e. The van der Waals surface area contributed by atoms with Crippen molar-refractivity contribution in [3.8, 4) is 5.69 Å². The van der Waals surface area contributed by atoms with Gasteiger partial charge in [-0.15, -0.1) is 0 Å². The lowest BCUT2D eigenvalue weighted by molar-refractivity contribution is 0.879. The van der Waals surface area contributed by atoms with Crippen molar-refractivity contribution in [2.24, 2.45) is 0 Å². The SMILES string of the molecule is Cc1nc(Cl)cc(NCCc2cnn(-c3ccccc3)c2)n1. The molecule has 3 aromatic rings. The average Bonchev–Trinajstić information content (AvgIpc) is 2.96. The normalized spacial score (nSPS) is 10.6. The van der Waals surface area contributed by atoms with Gasteiger partial charge in [0.15, 0.2) is 0 Å². The van der Waals surface area contributed by atoms with Gasteiger partial charge in [0.1, 0.15) is 16.8 Å². The molecular weight excluding hydrogens is 298 g/mol. The van der Waals surface area contributed by atoms with E-state index in [9.17, 15) is 0 Å². The number of para-hydroxylation sites is 1. The lowest BCUT2D eigenvalue weighted by Gasteiger charge is -2.05. The van der Waals surface area contributed by atoms with E-state index in [4.69, 9.17) is 11.6 Å². The third-order valence-corrected chi connectivity index (χ3v) is 3.38. The minimum absolute atomic E-state index is 0.451. The molecule has 0 aliphatic heterocycles. The van der Waals surface area contributed by atoms with Crippen LogP contribution < -0.4 is 5.32 Å². The second-order valence-electron chi connectivity index (χ2n) is 4.93. The second-order valence-corrected chi connectivity index (χ2v) is 5.32. The summed E-state index contributed by atoms with van der Waals surface area (Å²) in [5, 5.41) is 8.08. The largest absolute Gasteiger partial charge is 0.370 e. The molecule has 0 unspecified atom stereocenters. The van der Waals surface area contributed by atoms with Crippen LogP contribution in [0.2, 0.25) is 5.15 Å². The molecule has 1 N–H and O–H groups in total. The standard InChI is InChI=1S/C16H16ClN5/c1-12-20-15(17)9-16(21-12)18-8-7-13-10-19-22(11-13)14-5-3-2-4-6-14/h2-6,9-11H,7-8H2,1H3,(H,18,20,21). The second kappa shape index (κ2) is 6.58. The van der Waals surface area contributed by atoms with Crippen LogP contribution in [0.15, 0.2) is 48.8 Å². The maximum absolute atomic E-state index is 5.91. The molecule has 2 heterocycles. The summed E-state index contributed by atoms with van der Waals surface area (Å²) in [4.78, 5) is 8.33. The predicted octanol–water partition coefficient (Wildman–Crippen LogP) is 3.28. The lowest BCUT2D eigenvalue weighted by atomic mass is 10.2. The molecule has 6 heteroatoms. The molecule has 0 saturated carbocycles. The van der Waals surface area contributed by atoms with Crippen LogP contribution in [0.1, 0.15) is 11.4 Å². The van der Waals surface area contributed by atoms with Gasteiger partial charge in [0.2, 0.25) is 0 Å². The van der Waals surface area contributed by atoms with Crippen LogP contribution in [0, 0.1) is 6.92 Å². The van der Waals surface area contributed by atoms with Crippen molar-refractivity contribution in [1.82, 2.24) is 19.7 Å². The number of benzene rings is 1. The van der Waals surface area contributed by atoms with Gasteiger partial charge in [0.05, 0.1) is 11.9 Å². The first-order valence-electron chi connectivity index (χ1n) is 7.05. The van der Waals surface area contributed by atoms with Crippen LogP contribution in [0.4, 0.5) is 5.82 Å². The highest BCUT2D eigenvalue weighted by Gasteiger charge is 2.02. The predicted molar refractivity (Wildman–Crippen MR) is 87.5 cm³/mol. The quantitative estimate of drug-likeness (QED) is 0.734. The summed E-state index contributed by atoms with van der Waals surface area (Å²) in [6, 6.07) is 11.8. The zero-order chi connectivity index (χ0) is 15.4. The Balaban J connectivity index is 1.59. The number of aromatic nitrogens is 4. The molecule has 0 bridgehead atoms. The van der Waals surface area contributed by atoms with Crippen molar-refractivity contribution in [3.63, 3.8) is 0 Å². The van der Waals surface area contributed by atoms with E-state index in [2.05, 4.69) is 20.4 Å². The summed E-state index contributed by atoms with van der Waals surface area (Å²) >= 11 is 5.91. The summed E-state index contributed by atoms with van der Waals surface area (Å²) in [6.45, 7) is 2.58. The van der Waals surface area contributed by atoms with Crippen LogP contribution in [0.25, 0.3) is 5.69 Å². The van der Waals surface area contributed by atoms with Crippen LogP contribution in [-0.2, 0) is 6.42 Å². The third kappa shape index (κ3) is 3.62. The first kappa shape index (κ1) is 14.5. The zero-order valence-corrected chi connectivity index (χ0v) is 13.0. The number of hydrogen-bond donors (Lipinski definition) is 1. The van der Waals surface area contributed by atoms with E-state index in [1.807, 2.05) is 54.3 Å². The fraction of sp³-hybridized carbons (Fsp3) is 0.188. The molecule has 0 saturated heterocycles. The molecule has 0 radical (unpaired) electrons. The molecule has 0 aliphatic carbocycles. The van der Waals surface area contributed by atoms with Gasteiger partial charge in [-0.2, -0.15) is 5.10 Å². The topological polar surface area (TPSA) is 55.6 Å². The fourth-order valence-corrected chi connectivity index (χ4v) is 2.39. The Morgan fingerprint density at radius 1 is 1.18 bits per heavy atom. The van der Waals surface area contributed by atoms with Gasteiger partial charge < -0.3 is 5.32 Å². The van der Waals surface area contributed by atoms with Crippen LogP contribution in [0.3, 0.4) is 0 Å². The van der Waals surface area contributed by atoms with E-state index in [-0.39, 0.29) is 0 Å². The molecule has 22 heavy (non-hydrogen) atoms. The van der Waals surface area contributed by atoms with E-state index in [0.29, 0.717) is 11.0 Å². The Labute approximate surface area is 134 Å². The van der Waals surface area contributed by atoms with E-state index in [1.165, 1.54) is 0 Å². The lowest BCUT2D eigenvalue weighted by Crippen LogP contribution is -2.07. The Morgan fingerprint density at radius 2 is 2.00 bits per heavy atom. The number of hydrogen-bond acceptors (Lipinski definition) is 4. The summed E-state index contributed by atoms with van der Waals surface area (Å²) in [5.74, 6) is 1.40. The van der Waals surface area contributed by atoms with Gasteiger partial charge in [0, 0.05) is 18.8 Å². The smallest absolute Gasteiger partial charge is 0.134 e. The molecule has 0 atom stereocenters. The monoisotopic (exact) mass is 313 g/mol. The van der Waals surface area contributed by atoms with Gasteiger partial charge in [-0.3, -0.25) is 0 Å². The van der Waals surface area contributed by atoms with Crippen molar-refractivity contribution < 1.29 is 0 Å². The fourth-order valence-electron chi connectivity index (χ4n) is 2.17. The molecule has 3 rings (SSSR count). The summed E-state index contributed by atoms with van der Waals surface area (Å²) in [5.41, 5.74) is 2.22. The highest BCUT2D eigenvalue weighted by Crippen LogP contribution is 2.12. The highest BCUT2D eigenvalue weighted by atomic mass is 35.5. The molecule has 112 valence electrons. The van der Waals surface area contributed by atoms with Crippen molar-refractivity contribution in [2.75, 3.05) is 11.9 Å². The van der Waals surface area contributed by atoms with Gasteiger partial charge in [-0.1, -0.05) is 29.8 Å². The van der Waals surface area contributed by atoms with E-state index >= 15 is 0 Å². The first-order valence-corrected chi connectivity index (χ1v) is 7.42. The van der Waals surface area contributed by atoms with Crippen LogP contribution >= 0.6 is 11.6 Å². The number of nitrogens with zero attached hydrogens (tertiary/aromatic N) is 4. The Bertz CT molecular complexity index is 734. The van der Waals surface area contributed by atoms with Crippen LogP contribution in [0.5, 0.6) is 0 Å². The van der Waals surface area contributed by atoms with Crippen molar-refractivity contribution in [1.29, 1.82) is 0 Å². The van der Waals surface area contributed by atoms with E-state index < -0.39 is 0 Å². The molecule has 0 amide bonds. The number of aryl methyl sites for hydroxylation is 1. The van der Waals surface area contributed by atoms with Crippen molar-refractivity contribution in [3.05, 3.63) is 65.3 Å². The van der Waals surface area contributed by atoms with Crippen LogP contribution in [-0.4, -0.2) is 26.3 Å². The zero-order valence-electron chi connectivity index (χ0n) is 12.2. The van der Waals surface area contributed by atoms with E-state index in [1.54, 1.807) is 6.07 Å². The molecule has 5 nitrogen and oxygen atoms in total. The Kier molecular flexibility index (Phi) is 4.34. The van der Waals surface area contributed by atoms with Crippen molar-refractivity contribution >= 4 is 17.4 Å². The molecule has 2 aromatic heterocycles. The minimum Gasteiger partial charge on any atom is -0.370 e. The number of anilines is 1. The summed E-state index contributed by atoms with van der Waals surface area (Å²) < 4.78 is 1.88. The number of halogens is 1. The van der Waals surface area contributed by atoms with Crippen molar-refractivity contribution in [2.45, 2.75) is 13.3 Å². The highest BCUT2D eigenvalue weighted by molar-refractivity contribution is 6.29. The first-order chi connectivity index (χ1) is 10.7. The van der Waals surface area contributed by atoms with E-state index in [0.717, 1.165) is 30.0 Å². The molecule has 0 aliphatic rings. The number of rotatable bonds is 5. The third-order valence-electron chi connectivity index (χ3n) is 3.18. The molecule has 1 aromatic carbocycles. The Hall–Kier alpha value is -2.40. The average molecular weight is 314 g/mol. The molecular formula is C16H16ClN5. The van der Waals surface area contributed by atoms with Gasteiger partial charge in [-0.25, -0.2) is 14.6 Å². The summed E-state index contributed by atoms with van der Waals surface area (Å²) in [7, 11) is 0. The minimum atomic E-state index is 0.451. The maximum atomic E-state index is 5.91. The molecule has 0 fully saturated rings. The van der Waals surface area contributed by atoms with Gasteiger partial charge in [0.25, 0.3) is 0 Å².